The molecular formula is C26H20N2O. The van der Waals surface area contributed by atoms with Gasteiger partial charge < -0.3 is 4.42 Å². The molecule has 0 radical (unpaired) electrons. The van der Waals surface area contributed by atoms with Gasteiger partial charge in [-0.3, -0.25) is 0 Å². The normalized spacial score (nSPS) is 11.1. The molecule has 29 heavy (non-hydrogen) atoms. The van der Waals surface area contributed by atoms with Crippen LogP contribution in [0.25, 0.3) is 44.8 Å². The van der Waals surface area contributed by atoms with E-state index in [0.717, 1.165) is 22.1 Å². The summed E-state index contributed by atoms with van der Waals surface area (Å²) in [7, 11) is 0. The summed E-state index contributed by atoms with van der Waals surface area (Å²) in [5, 5.41) is 10.9. The molecule has 0 fully saturated rings. The van der Waals surface area contributed by atoms with Crippen molar-refractivity contribution in [3.05, 3.63) is 96.1 Å². The van der Waals surface area contributed by atoms with Crippen molar-refractivity contribution < 1.29 is 4.42 Å². The second-order valence-electron chi connectivity index (χ2n) is 7.33. The molecule has 0 aliphatic rings. The Labute approximate surface area is 169 Å². The van der Waals surface area contributed by atoms with Crippen molar-refractivity contribution in [2.45, 2.75) is 13.8 Å². The lowest BCUT2D eigenvalue weighted by Crippen LogP contribution is -1.84. The number of benzene rings is 4. The molecule has 1 aromatic heterocycles. The molecule has 0 saturated carbocycles. The van der Waals surface area contributed by atoms with Crippen LogP contribution in [-0.2, 0) is 0 Å². The predicted molar refractivity (Wildman–Crippen MR) is 118 cm³/mol. The fourth-order valence-corrected chi connectivity index (χ4v) is 3.64. The van der Waals surface area contributed by atoms with E-state index in [-0.39, 0.29) is 0 Å². The molecule has 0 amide bonds. The monoisotopic (exact) mass is 376 g/mol. The number of hydrogen-bond acceptors (Lipinski definition) is 3. The summed E-state index contributed by atoms with van der Waals surface area (Å²) in [5.41, 5.74) is 6.72. The Balaban J connectivity index is 1.49. The zero-order chi connectivity index (χ0) is 19.8. The van der Waals surface area contributed by atoms with Gasteiger partial charge in [0.25, 0.3) is 0 Å². The maximum Gasteiger partial charge on any atom is 0.248 e. The summed E-state index contributed by atoms with van der Waals surface area (Å²) in [6.45, 7) is 4.21. The molecule has 0 bridgehead atoms. The Morgan fingerprint density at radius 1 is 0.552 bits per heavy atom. The van der Waals surface area contributed by atoms with Gasteiger partial charge in [-0.2, -0.15) is 0 Å². The smallest absolute Gasteiger partial charge is 0.248 e. The lowest BCUT2D eigenvalue weighted by molar-refractivity contribution is 0.585. The van der Waals surface area contributed by atoms with Crippen molar-refractivity contribution in [2.75, 3.05) is 0 Å². The van der Waals surface area contributed by atoms with Gasteiger partial charge in [-0.25, -0.2) is 0 Å². The van der Waals surface area contributed by atoms with Crippen molar-refractivity contribution in [1.82, 2.24) is 10.2 Å². The quantitative estimate of drug-likeness (QED) is 0.346. The van der Waals surface area contributed by atoms with Crippen molar-refractivity contribution in [3.8, 4) is 34.0 Å². The Kier molecular flexibility index (Phi) is 4.21. The maximum atomic E-state index is 6.04. The number of rotatable bonds is 3. The number of hydrogen-bond donors (Lipinski definition) is 0. The lowest BCUT2D eigenvalue weighted by atomic mass is 10.0. The summed E-state index contributed by atoms with van der Waals surface area (Å²) < 4.78 is 6.04. The molecule has 3 nitrogen and oxygen atoms in total. The topological polar surface area (TPSA) is 38.9 Å². The van der Waals surface area contributed by atoms with E-state index in [1.807, 2.05) is 24.3 Å². The van der Waals surface area contributed by atoms with Gasteiger partial charge in [-0.1, -0.05) is 72.3 Å². The minimum Gasteiger partial charge on any atom is -0.416 e. The molecule has 0 saturated heterocycles. The number of fused-ring (bicyclic) bond motifs is 1. The highest BCUT2D eigenvalue weighted by atomic mass is 16.4. The Morgan fingerprint density at radius 2 is 1.14 bits per heavy atom. The second kappa shape index (κ2) is 7.02. The predicted octanol–water partition coefficient (Wildman–Crippen LogP) is 6.84. The molecule has 0 unspecified atom stereocenters. The van der Waals surface area contributed by atoms with Gasteiger partial charge in [-0.15, -0.1) is 10.2 Å². The van der Waals surface area contributed by atoms with Crippen molar-refractivity contribution in [3.63, 3.8) is 0 Å². The summed E-state index contributed by atoms with van der Waals surface area (Å²) in [4.78, 5) is 0. The summed E-state index contributed by atoms with van der Waals surface area (Å²) in [6, 6.07) is 29.2. The molecule has 0 aliphatic carbocycles. The van der Waals surface area contributed by atoms with E-state index in [2.05, 4.69) is 84.7 Å². The van der Waals surface area contributed by atoms with E-state index in [1.165, 1.54) is 22.1 Å². The number of nitrogens with zero attached hydrogens (tertiary/aromatic N) is 2. The highest BCUT2D eigenvalue weighted by Gasteiger charge is 2.14. The fourth-order valence-electron chi connectivity index (χ4n) is 3.64. The molecule has 1 heterocycles. The molecule has 140 valence electrons. The molecule has 0 atom stereocenters. The van der Waals surface area contributed by atoms with Crippen LogP contribution in [0.15, 0.2) is 89.3 Å². The lowest BCUT2D eigenvalue weighted by Gasteiger charge is -2.05. The highest BCUT2D eigenvalue weighted by Crippen LogP contribution is 2.32. The van der Waals surface area contributed by atoms with Gasteiger partial charge in [0.2, 0.25) is 11.8 Å². The van der Waals surface area contributed by atoms with Gasteiger partial charge in [0.05, 0.1) is 0 Å². The first kappa shape index (κ1) is 17.4. The van der Waals surface area contributed by atoms with E-state index in [0.29, 0.717) is 11.8 Å². The Bertz CT molecular complexity index is 1300. The van der Waals surface area contributed by atoms with Crippen LogP contribution in [-0.4, -0.2) is 10.2 Å². The van der Waals surface area contributed by atoms with Crippen LogP contribution >= 0.6 is 0 Å². The van der Waals surface area contributed by atoms with Gasteiger partial charge in [0.1, 0.15) is 0 Å². The molecule has 5 rings (SSSR count). The molecule has 0 spiro atoms. The third-order valence-corrected chi connectivity index (χ3v) is 5.31. The van der Waals surface area contributed by atoms with Crippen LogP contribution in [0.1, 0.15) is 11.1 Å². The minimum atomic E-state index is 0.528. The Hall–Kier alpha value is -3.72. The molecule has 4 aromatic carbocycles. The van der Waals surface area contributed by atoms with E-state index in [1.54, 1.807) is 0 Å². The van der Waals surface area contributed by atoms with E-state index < -0.39 is 0 Å². The first-order valence-corrected chi connectivity index (χ1v) is 9.69. The van der Waals surface area contributed by atoms with Gasteiger partial charge in [-0.05, 0) is 59.5 Å². The van der Waals surface area contributed by atoms with Crippen LogP contribution in [0.3, 0.4) is 0 Å². The van der Waals surface area contributed by atoms with Gasteiger partial charge >= 0.3 is 0 Å². The number of aryl methyl sites for hydroxylation is 2. The average Bonchev–Trinajstić information content (AvgIpc) is 3.25. The summed E-state index contributed by atoms with van der Waals surface area (Å²) in [5.74, 6) is 1.07. The number of aromatic nitrogens is 2. The molecule has 5 aromatic rings. The third kappa shape index (κ3) is 3.21. The molecular weight excluding hydrogens is 356 g/mol. The van der Waals surface area contributed by atoms with Crippen LogP contribution in [0, 0.1) is 13.8 Å². The van der Waals surface area contributed by atoms with Gasteiger partial charge in [0.15, 0.2) is 0 Å². The maximum absolute atomic E-state index is 6.04. The molecule has 0 aliphatic heterocycles. The van der Waals surface area contributed by atoms with E-state index in [9.17, 15) is 0 Å². The fraction of sp³-hybridized carbons (Fsp3) is 0.0769. The van der Waals surface area contributed by atoms with E-state index >= 15 is 0 Å². The first-order valence-electron chi connectivity index (χ1n) is 9.69. The SMILES string of the molecule is Cc1ccc(-c2ccc(-c3nnc(-c4ccc(C)c5ccccc45)o3)cc2)cc1. The highest BCUT2D eigenvalue weighted by molar-refractivity contribution is 5.96. The van der Waals surface area contributed by atoms with Crippen molar-refractivity contribution in [1.29, 1.82) is 0 Å². The largest absolute Gasteiger partial charge is 0.416 e. The summed E-state index contributed by atoms with van der Waals surface area (Å²) in [6.07, 6.45) is 0. The van der Waals surface area contributed by atoms with Crippen LogP contribution in [0.2, 0.25) is 0 Å². The van der Waals surface area contributed by atoms with Crippen LogP contribution in [0.4, 0.5) is 0 Å². The molecule has 3 heteroatoms. The zero-order valence-electron chi connectivity index (χ0n) is 16.4. The Morgan fingerprint density at radius 3 is 1.86 bits per heavy atom. The van der Waals surface area contributed by atoms with Crippen LogP contribution < -0.4 is 0 Å². The van der Waals surface area contributed by atoms with E-state index in [4.69, 9.17) is 4.42 Å². The summed E-state index contributed by atoms with van der Waals surface area (Å²) >= 11 is 0. The minimum absolute atomic E-state index is 0.528. The van der Waals surface area contributed by atoms with Crippen LogP contribution in [0.5, 0.6) is 0 Å². The standard InChI is InChI=1S/C26H20N2O/c1-17-7-10-19(11-8-17)20-12-14-21(15-13-20)25-27-28-26(29-25)24-16-9-18(2)22-5-3-4-6-23(22)24/h3-16H,1-2H3. The zero-order valence-corrected chi connectivity index (χ0v) is 16.4. The first-order chi connectivity index (χ1) is 14.2. The molecule has 0 N–H and O–H groups in total. The van der Waals surface area contributed by atoms with Crippen molar-refractivity contribution >= 4 is 10.8 Å². The third-order valence-electron chi connectivity index (χ3n) is 5.31. The van der Waals surface area contributed by atoms with Gasteiger partial charge in [0, 0.05) is 11.1 Å². The average molecular weight is 376 g/mol. The van der Waals surface area contributed by atoms with Crippen molar-refractivity contribution in [2.24, 2.45) is 0 Å². The second-order valence-corrected chi connectivity index (χ2v) is 7.33.